The zero-order valence-corrected chi connectivity index (χ0v) is 21.0. The van der Waals surface area contributed by atoms with E-state index in [9.17, 15) is 4.79 Å². The lowest BCUT2D eigenvalue weighted by Crippen LogP contribution is -2.31. The van der Waals surface area contributed by atoms with Crippen molar-refractivity contribution in [2.24, 2.45) is 0 Å². The first-order valence-corrected chi connectivity index (χ1v) is 12.3. The van der Waals surface area contributed by atoms with Gasteiger partial charge in [-0.1, -0.05) is 0 Å². The predicted octanol–water partition coefficient (Wildman–Crippen LogP) is 5.24. The average molecular weight is 508 g/mol. The number of anilines is 1. The third-order valence-electron chi connectivity index (χ3n) is 6.53. The SMILES string of the molecule is COc1ccc(-c2n[nH]c3c2Cc2sc(-c4ccc(NC(=O)CN5CCCC5)nc4)cc2-3)cc1.Cl. The molecule has 4 aromatic rings. The van der Waals surface area contributed by atoms with Crippen LogP contribution in [0.5, 0.6) is 5.75 Å². The molecule has 1 aromatic carbocycles. The first-order valence-electron chi connectivity index (χ1n) is 11.5. The molecule has 4 heterocycles. The van der Waals surface area contributed by atoms with Crippen LogP contribution in [0.2, 0.25) is 0 Å². The second kappa shape index (κ2) is 9.81. The lowest BCUT2D eigenvalue weighted by atomic mass is 10.1. The van der Waals surface area contributed by atoms with Crippen LogP contribution in [0.4, 0.5) is 5.82 Å². The maximum atomic E-state index is 12.3. The van der Waals surface area contributed by atoms with Crippen molar-refractivity contribution in [1.82, 2.24) is 20.1 Å². The highest BCUT2D eigenvalue weighted by molar-refractivity contribution is 7.16. The van der Waals surface area contributed by atoms with E-state index in [1.165, 1.54) is 33.7 Å². The second-order valence-corrected chi connectivity index (χ2v) is 9.88. The average Bonchev–Trinajstić information content (AvgIpc) is 3.63. The Bertz CT molecular complexity index is 1340. The minimum absolute atomic E-state index is 0. The van der Waals surface area contributed by atoms with Gasteiger partial charge in [0.1, 0.15) is 11.6 Å². The van der Waals surface area contributed by atoms with Crippen molar-refractivity contribution in [3.63, 3.8) is 0 Å². The molecule has 0 radical (unpaired) electrons. The molecule has 2 N–H and O–H groups in total. The number of likely N-dealkylation sites (tertiary alicyclic amines) is 1. The van der Waals surface area contributed by atoms with E-state index in [-0.39, 0.29) is 18.3 Å². The summed E-state index contributed by atoms with van der Waals surface area (Å²) in [5.74, 6) is 1.43. The third kappa shape index (κ3) is 4.57. The first kappa shape index (κ1) is 23.5. The highest BCUT2D eigenvalue weighted by Gasteiger charge is 2.28. The number of rotatable bonds is 6. The Morgan fingerprint density at radius 3 is 2.63 bits per heavy atom. The minimum Gasteiger partial charge on any atom is -0.497 e. The summed E-state index contributed by atoms with van der Waals surface area (Å²) in [5, 5.41) is 10.8. The molecule has 1 aliphatic heterocycles. The summed E-state index contributed by atoms with van der Waals surface area (Å²) in [7, 11) is 1.67. The van der Waals surface area contributed by atoms with E-state index >= 15 is 0 Å². The molecule has 2 aliphatic rings. The van der Waals surface area contributed by atoms with Crippen molar-refractivity contribution in [3.8, 4) is 38.7 Å². The van der Waals surface area contributed by atoms with Gasteiger partial charge < -0.3 is 10.1 Å². The Morgan fingerprint density at radius 1 is 1.14 bits per heavy atom. The van der Waals surface area contributed by atoms with Crippen molar-refractivity contribution in [2.75, 3.05) is 32.1 Å². The number of H-pyrrole nitrogens is 1. The van der Waals surface area contributed by atoms with Gasteiger partial charge in [0.05, 0.1) is 25.0 Å². The summed E-state index contributed by atoms with van der Waals surface area (Å²) in [6, 6.07) is 14.1. The highest BCUT2D eigenvalue weighted by atomic mass is 35.5. The van der Waals surface area contributed by atoms with Crippen molar-refractivity contribution < 1.29 is 9.53 Å². The summed E-state index contributed by atoms with van der Waals surface area (Å²) in [6.45, 7) is 2.44. The zero-order chi connectivity index (χ0) is 23.1. The minimum atomic E-state index is -0.00307. The molecule has 180 valence electrons. The molecule has 7 nitrogen and oxygen atoms in total. The van der Waals surface area contributed by atoms with E-state index in [4.69, 9.17) is 4.74 Å². The number of hydrogen-bond acceptors (Lipinski definition) is 6. The number of halogens is 1. The Hall–Kier alpha value is -3.20. The fraction of sp³-hybridized carbons (Fsp3) is 0.269. The van der Waals surface area contributed by atoms with Gasteiger partial charge in [-0.25, -0.2) is 4.98 Å². The summed E-state index contributed by atoms with van der Waals surface area (Å²) >= 11 is 1.79. The number of carbonyl (C=O) groups excluding carboxylic acids is 1. The predicted molar refractivity (Wildman–Crippen MR) is 141 cm³/mol. The third-order valence-corrected chi connectivity index (χ3v) is 7.71. The van der Waals surface area contributed by atoms with Crippen LogP contribution in [0.15, 0.2) is 48.7 Å². The van der Waals surface area contributed by atoms with Crippen LogP contribution in [0.25, 0.3) is 33.0 Å². The van der Waals surface area contributed by atoms with Crippen LogP contribution >= 0.6 is 23.7 Å². The molecular weight excluding hydrogens is 482 g/mol. The van der Waals surface area contributed by atoms with Crippen molar-refractivity contribution in [2.45, 2.75) is 19.3 Å². The number of amides is 1. The molecule has 0 atom stereocenters. The summed E-state index contributed by atoms with van der Waals surface area (Å²) in [4.78, 5) is 21.4. The molecule has 1 saturated heterocycles. The number of nitrogens with zero attached hydrogens (tertiary/aromatic N) is 3. The van der Waals surface area contributed by atoms with E-state index in [1.54, 1.807) is 18.4 Å². The largest absolute Gasteiger partial charge is 0.497 e. The molecule has 3 aromatic heterocycles. The molecule has 0 unspecified atom stereocenters. The smallest absolute Gasteiger partial charge is 0.239 e. The molecule has 1 amide bonds. The monoisotopic (exact) mass is 507 g/mol. The number of hydrogen-bond donors (Lipinski definition) is 2. The quantitative estimate of drug-likeness (QED) is 0.328. The van der Waals surface area contributed by atoms with Crippen LogP contribution < -0.4 is 10.1 Å². The van der Waals surface area contributed by atoms with E-state index in [0.29, 0.717) is 12.4 Å². The van der Waals surface area contributed by atoms with E-state index in [2.05, 4.69) is 31.5 Å². The van der Waals surface area contributed by atoms with Crippen molar-refractivity contribution >= 4 is 35.5 Å². The van der Waals surface area contributed by atoms with Crippen LogP contribution in [-0.2, 0) is 11.2 Å². The van der Waals surface area contributed by atoms with Gasteiger partial charge in [-0.15, -0.1) is 23.7 Å². The van der Waals surface area contributed by atoms with Crippen LogP contribution in [0.1, 0.15) is 23.3 Å². The number of aromatic nitrogens is 3. The second-order valence-electron chi connectivity index (χ2n) is 8.74. The first-order chi connectivity index (χ1) is 16.7. The van der Waals surface area contributed by atoms with E-state index in [1.807, 2.05) is 42.6 Å². The van der Waals surface area contributed by atoms with Gasteiger partial charge in [-0.05, 0) is 68.4 Å². The molecule has 1 fully saturated rings. The Kier molecular flexibility index (Phi) is 6.60. The van der Waals surface area contributed by atoms with Gasteiger partial charge in [0.15, 0.2) is 0 Å². The number of aromatic amines is 1. The summed E-state index contributed by atoms with van der Waals surface area (Å²) in [6.07, 6.45) is 5.05. The summed E-state index contributed by atoms with van der Waals surface area (Å²) in [5.41, 5.74) is 6.69. The topological polar surface area (TPSA) is 83.1 Å². The molecular formula is C26H26ClN5O2S. The Balaban J connectivity index is 0.00000253. The molecule has 0 saturated carbocycles. The van der Waals surface area contributed by atoms with Gasteiger partial charge in [-0.3, -0.25) is 14.8 Å². The number of carbonyl (C=O) groups is 1. The maximum Gasteiger partial charge on any atom is 0.239 e. The van der Waals surface area contributed by atoms with Crippen LogP contribution in [-0.4, -0.2) is 52.7 Å². The fourth-order valence-corrected chi connectivity index (χ4v) is 5.93. The zero-order valence-electron chi connectivity index (χ0n) is 19.3. The van der Waals surface area contributed by atoms with Gasteiger partial charge in [0, 0.05) is 44.6 Å². The lowest BCUT2D eigenvalue weighted by molar-refractivity contribution is -0.117. The molecule has 0 spiro atoms. The number of ether oxygens (including phenoxy) is 1. The van der Waals surface area contributed by atoms with E-state index < -0.39 is 0 Å². The van der Waals surface area contributed by atoms with Gasteiger partial charge >= 0.3 is 0 Å². The molecule has 1 aliphatic carbocycles. The van der Waals surface area contributed by atoms with Gasteiger partial charge in [0.2, 0.25) is 5.91 Å². The lowest BCUT2D eigenvalue weighted by Gasteiger charge is -2.13. The van der Waals surface area contributed by atoms with Gasteiger partial charge in [0.25, 0.3) is 0 Å². The van der Waals surface area contributed by atoms with Crippen molar-refractivity contribution in [1.29, 1.82) is 0 Å². The normalized spacial score (nSPS) is 14.3. The van der Waals surface area contributed by atoms with Gasteiger partial charge in [-0.2, -0.15) is 5.10 Å². The van der Waals surface area contributed by atoms with Crippen LogP contribution in [0, 0.1) is 0 Å². The van der Waals surface area contributed by atoms with Crippen LogP contribution in [0.3, 0.4) is 0 Å². The number of fused-ring (bicyclic) bond motifs is 3. The maximum absolute atomic E-state index is 12.3. The molecule has 6 rings (SSSR count). The molecule has 35 heavy (non-hydrogen) atoms. The van der Waals surface area contributed by atoms with Crippen molar-refractivity contribution in [3.05, 3.63) is 59.1 Å². The Morgan fingerprint density at radius 2 is 1.91 bits per heavy atom. The summed E-state index contributed by atoms with van der Waals surface area (Å²) < 4.78 is 5.27. The molecule has 0 bridgehead atoms. The number of nitrogens with one attached hydrogen (secondary N) is 2. The van der Waals surface area contributed by atoms with E-state index in [0.717, 1.165) is 47.8 Å². The highest BCUT2D eigenvalue weighted by Crippen LogP contribution is 2.46. The number of benzene rings is 1. The fourth-order valence-electron chi connectivity index (χ4n) is 4.76. The number of thiophene rings is 1. The standard InChI is InChI=1S/C26H25N5O2S.ClH/c1-33-18-7-4-16(5-8-18)25-20-13-22-19(26(20)30-29-25)12-21(34-22)17-6-9-23(27-14-17)28-24(32)15-31-10-2-3-11-31;/h4-9,12,14H,2-3,10-11,13,15H2,1H3,(H,29,30)(H,27,28,32);1H. The number of methoxy groups -OCH3 is 1. The number of pyridine rings is 1. The Labute approximate surface area is 214 Å². The molecule has 9 heteroatoms.